The van der Waals surface area contributed by atoms with Crippen molar-refractivity contribution in [3.05, 3.63) is 81.5 Å². The number of ether oxygens (including phenoxy) is 2. The molecule has 2 saturated carbocycles. The van der Waals surface area contributed by atoms with E-state index in [-0.39, 0.29) is 53.0 Å². The number of nitrogens with zero attached hydrogens (tertiary/aromatic N) is 5. The van der Waals surface area contributed by atoms with Crippen LogP contribution in [0.4, 0.5) is 4.39 Å². The molecule has 2 aliphatic carbocycles. The number of rotatable bonds is 9. The van der Waals surface area contributed by atoms with Crippen LogP contribution in [0.25, 0.3) is 32.9 Å². The van der Waals surface area contributed by atoms with Gasteiger partial charge in [0.2, 0.25) is 5.91 Å². The fourth-order valence-corrected chi connectivity index (χ4v) is 9.26. The zero-order chi connectivity index (χ0) is 35.8. The third-order valence-electron chi connectivity index (χ3n) is 11.5. The summed E-state index contributed by atoms with van der Waals surface area (Å²) in [6.07, 6.45) is 5.31. The summed E-state index contributed by atoms with van der Waals surface area (Å²) in [4.78, 5) is 25.3. The molecule has 266 valence electrons. The van der Waals surface area contributed by atoms with Gasteiger partial charge in [0, 0.05) is 70.8 Å². The van der Waals surface area contributed by atoms with Crippen molar-refractivity contribution < 1.29 is 18.7 Å². The molecule has 10 rings (SSSR count). The zero-order valence-electron chi connectivity index (χ0n) is 28.8. The molecule has 5 atom stereocenters. The predicted octanol–water partition coefficient (Wildman–Crippen LogP) is 8.13. The molecule has 0 radical (unpaired) electrons. The lowest BCUT2D eigenvalue weighted by molar-refractivity contribution is -0.133. The van der Waals surface area contributed by atoms with Gasteiger partial charge in [0.25, 0.3) is 5.88 Å². The quantitative estimate of drug-likeness (QED) is 0.163. The van der Waals surface area contributed by atoms with Crippen molar-refractivity contribution in [2.45, 2.75) is 69.7 Å². The molecule has 1 N–H and O–H groups in total. The van der Waals surface area contributed by atoms with Gasteiger partial charge in [-0.1, -0.05) is 35.3 Å². The lowest BCUT2D eigenvalue weighted by Crippen LogP contribution is -2.41. The van der Waals surface area contributed by atoms with Gasteiger partial charge < -0.3 is 24.3 Å². The molecule has 0 spiro atoms. The topological polar surface area (TPSA) is 105 Å². The fraction of sp³-hybridized carbons (Fsp3) is 0.400. The molecule has 3 saturated heterocycles. The van der Waals surface area contributed by atoms with Crippen LogP contribution in [0.3, 0.4) is 0 Å². The Bertz CT molecular complexity index is 2310. The molecule has 9 nitrogen and oxygen atoms in total. The minimum Gasteiger partial charge on any atom is -0.483 e. The number of halogens is 3. The minimum atomic E-state index is -0.492. The Morgan fingerprint density at radius 3 is 2.73 bits per heavy atom. The van der Waals surface area contributed by atoms with Gasteiger partial charge in [-0.15, -0.1) is 0 Å². The molecule has 3 aliphatic heterocycles. The Hall–Kier alpha value is -4.43. The van der Waals surface area contributed by atoms with E-state index in [0.29, 0.717) is 69.7 Å². The van der Waals surface area contributed by atoms with Crippen LogP contribution in [0.1, 0.15) is 61.1 Å². The number of nitrogens with one attached hydrogen (secondary N) is 1. The predicted molar refractivity (Wildman–Crippen MR) is 197 cm³/mol. The monoisotopic (exact) mass is 738 g/mol. The van der Waals surface area contributed by atoms with Crippen LogP contribution < -0.4 is 14.8 Å². The van der Waals surface area contributed by atoms with E-state index >= 15 is 4.39 Å². The molecular weight excluding hydrogens is 702 g/mol. The number of pyridine rings is 2. The Balaban J connectivity index is 1.26. The van der Waals surface area contributed by atoms with Crippen LogP contribution >= 0.6 is 23.2 Å². The molecule has 5 fully saturated rings. The first-order chi connectivity index (χ1) is 25.3. The lowest BCUT2D eigenvalue weighted by Gasteiger charge is -2.39. The van der Waals surface area contributed by atoms with E-state index in [0.717, 1.165) is 42.4 Å². The van der Waals surface area contributed by atoms with Gasteiger partial charge in [0.1, 0.15) is 11.6 Å². The van der Waals surface area contributed by atoms with E-state index in [1.165, 1.54) is 0 Å². The molecule has 12 heteroatoms. The van der Waals surface area contributed by atoms with Crippen LogP contribution in [0, 0.1) is 35.9 Å². The third kappa shape index (κ3) is 5.31. The van der Waals surface area contributed by atoms with Crippen LogP contribution in [-0.4, -0.2) is 57.7 Å². The number of fused-ring (bicyclic) bond motifs is 4. The number of benzene rings is 2. The van der Waals surface area contributed by atoms with E-state index in [4.69, 9.17) is 37.7 Å². The van der Waals surface area contributed by atoms with Crippen molar-refractivity contribution in [2.75, 3.05) is 20.2 Å². The molecule has 2 bridgehead atoms. The van der Waals surface area contributed by atoms with Gasteiger partial charge in [-0.25, -0.2) is 14.4 Å². The van der Waals surface area contributed by atoms with Crippen LogP contribution in [0.5, 0.6) is 11.6 Å². The van der Waals surface area contributed by atoms with E-state index in [1.54, 1.807) is 31.5 Å². The van der Waals surface area contributed by atoms with E-state index < -0.39 is 5.82 Å². The van der Waals surface area contributed by atoms with Gasteiger partial charge in [-0.2, -0.15) is 5.26 Å². The van der Waals surface area contributed by atoms with Gasteiger partial charge in [-0.05, 0) is 74.4 Å². The molecule has 6 heterocycles. The van der Waals surface area contributed by atoms with Crippen molar-refractivity contribution >= 4 is 50.9 Å². The summed E-state index contributed by atoms with van der Waals surface area (Å²) in [7, 11) is 1.57. The molecular formula is C40H37Cl2FN6O3. The number of aryl methyl sites for hydroxylation is 2. The second-order valence-electron chi connectivity index (χ2n) is 14.5. The summed E-state index contributed by atoms with van der Waals surface area (Å²) < 4.78 is 31.6. The van der Waals surface area contributed by atoms with Gasteiger partial charge in [0.15, 0.2) is 11.6 Å². The van der Waals surface area contributed by atoms with Crippen LogP contribution in [0.15, 0.2) is 48.7 Å². The molecule has 5 aliphatic rings. The second kappa shape index (κ2) is 12.9. The summed E-state index contributed by atoms with van der Waals surface area (Å²) in [5, 5.41) is 15.5. The van der Waals surface area contributed by atoms with Crippen molar-refractivity contribution in [3.8, 4) is 28.8 Å². The second-order valence-corrected chi connectivity index (χ2v) is 15.3. The Morgan fingerprint density at radius 1 is 1.15 bits per heavy atom. The number of amides is 1. The Morgan fingerprint density at radius 2 is 2.00 bits per heavy atom. The van der Waals surface area contributed by atoms with Crippen molar-refractivity contribution in [1.29, 1.82) is 5.26 Å². The largest absolute Gasteiger partial charge is 0.483 e. The van der Waals surface area contributed by atoms with Gasteiger partial charge in [-0.3, -0.25) is 4.79 Å². The zero-order valence-corrected chi connectivity index (χ0v) is 30.3. The SMILES string of the molecule is COc1ncccc1O[C@H]1C[C@H](c2cc3c(C)nc4c(F)c(-c5cccc(Cl)c5Cl)c(CCC#N)cc4c3n2[C@H]2[C@H]3CN[C@@H]2C3)N(C(=O)C2CC2)C1. The average Bonchev–Trinajstić information content (AvgIpc) is 3.43. The number of hydrogen-bond donors (Lipinski definition) is 1. The first kappa shape index (κ1) is 33.4. The summed E-state index contributed by atoms with van der Waals surface area (Å²) in [6.45, 7) is 3.25. The van der Waals surface area contributed by atoms with Crippen LogP contribution in [0.2, 0.25) is 10.0 Å². The molecule has 2 aromatic carbocycles. The number of likely N-dealkylation sites (tertiary alicyclic amines) is 1. The first-order valence-corrected chi connectivity index (χ1v) is 18.7. The molecule has 5 aromatic rings. The number of hydrogen-bond acceptors (Lipinski definition) is 7. The fourth-order valence-electron chi connectivity index (χ4n) is 8.87. The highest BCUT2D eigenvalue weighted by Gasteiger charge is 2.51. The van der Waals surface area contributed by atoms with Crippen LogP contribution in [-0.2, 0) is 11.2 Å². The molecule has 52 heavy (non-hydrogen) atoms. The van der Waals surface area contributed by atoms with E-state index in [2.05, 4.69) is 27.0 Å². The number of carbonyl (C=O) groups is 1. The average molecular weight is 740 g/mol. The van der Waals surface area contributed by atoms with Gasteiger partial charge >= 0.3 is 0 Å². The molecule has 1 amide bonds. The highest BCUT2D eigenvalue weighted by atomic mass is 35.5. The number of nitriles is 1. The Labute approximate surface area is 310 Å². The number of aromatic nitrogens is 3. The summed E-state index contributed by atoms with van der Waals surface area (Å²) in [5.74, 6) is 1.01. The minimum absolute atomic E-state index is 0.0197. The number of carbonyl (C=O) groups excluding carboxylic acids is 1. The normalized spacial score (nSPS) is 23.6. The molecule has 3 aromatic heterocycles. The summed E-state index contributed by atoms with van der Waals surface area (Å²) in [5.41, 5.74) is 4.29. The maximum Gasteiger partial charge on any atom is 0.256 e. The van der Waals surface area contributed by atoms with Gasteiger partial charge in [0.05, 0.1) is 47.4 Å². The highest BCUT2D eigenvalue weighted by Crippen LogP contribution is 2.51. The number of methoxy groups -OCH3 is 1. The Kier molecular flexibility index (Phi) is 8.29. The highest BCUT2D eigenvalue weighted by molar-refractivity contribution is 6.43. The summed E-state index contributed by atoms with van der Waals surface area (Å²) in [6, 6.07) is 15.3. The van der Waals surface area contributed by atoms with Crippen molar-refractivity contribution in [1.82, 2.24) is 24.8 Å². The van der Waals surface area contributed by atoms with E-state index in [9.17, 15) is 10.1 Å². The third-order valence-corrected chi connectivity index (χ3v) is 12.3. The van der Waals surface area contributed by atoms with Crippen molar-refractivity contribution in [2.24, 2.45) is 11.8 Å². The summed E-state index contributed by atoms with van der Waals surface area (Å²) >= 11 is 13.1. The maximum atomic E-state index is 17.2. The van der Waals surface area contributed by atoms with E-state index in [1.807, 2.05) is 30.0 Å². The first-order valence-electron chi connectivity index (χ1n) is 17.9. The smallest absolute Gasteiger partial charge is 0.256 e. The molecule has 0 unspecified atom stereocenters. The van der Waals surface area contributed by atoms with Crippen molar-refractivity contribution in [3.63, 3.8) is 0 Å². The standard InChI is InChI=1S/C40H37Cl2FN6O3/c1-20-26-17-31(30-16-24(19-48(30)40(50)21-10-11-21)52-32-9-5-13-45-39(32)51-2)49(37-23-15-29(37)46-18-23)38(26)27-14-22(6-4-12-44)33(35(43)36(27)47-20)25-7-3-8-28(41)34(25)42/h3,5,7-9,13-14,17,21,23-24,29-30,37,46H,4,6,10-11,15-16,18-19H2,1-2H3/t23-,24+,29-,30-,37+/m1/s1. The maximum absolute atomic E-state index is 17.2. The lowest BCUT2D eigenvalue weighted by atomic mass is 9.79.